The molecule has 11 nitrogen and oxygen atoms in total. The van der Waals surface area contributed by atoms with E-state index in [0.29, 0.717) is 38.2 Å². The highest BCUT2D eigenvalue weighted by atomic mass is 16.5. The number of ether oxygens (including phenoxy) is 2. The van der Waals surface area contributed by atoms with Crippen LogP contribution in [0.1, 0.15) is 51.0 Å². The Morgan fingerprint density at radius 3 is 2.27 bits per heavy atom. The van der Waals surface area contributed by atoms with Gasteiger partial charge in [-0.05, 0) is 43.4 Å². The van der Waals surface area contributed by atoms with Gasteiger partial charge in [0.25, 0.3) is 0 Å². The van der Waals surface area contributed by atoms with Crippen LogP contribution in [0.3, 0.4) is 0 Å². The number of amides is 2. The summed E-state index contributed by atoms with van der Waals surface area (Å²) in [6.07, 6.45) is 5.92. The van der Waals surface area contributed by atoms with E-state index in [9.17, 15) is 19.2 Å². The lowest BCUT2D eigenvalue weighted by atomic mass is 9.90. The standard InChI is InChI=1S/C29H43N5O6/c1-5-10-24(28(38)39-4)34-27(37)22(11-8-7-9-16-32-29(30)31)19-26(36)25(33-20(3)35)18-21-12-14-23(15-13-21)40-17-6-2/h5-6,12-15,22,24-25H,1-2,7-11,16-19H2,3-4H3,(H,33,35)(H,34,37)(H4,30,31,32)/t22-,24+,25+/m1/s1. The molecular weight excluding hydrogens is 514 g/mol. The molecule has 1 aromatic rings. The molecule has 11 heteroatoms. The highest BCUT2D eigenvalue weighted by molar-refractivity contribution is 5.93. The van der Waals surface area contributed by atoms with E-state index in [1.54, 1.807) is 18.2 Å². The molecule has 0 aliphatic carbocycles. The van der Waals surface area contributed by atoms with Crippen LogP contribution in [-0.4, -0.2) is 61.9 Å². The normalized spacial score (nSPS) is 12.7. The van der Waals surface area contributed by atoms with Gasteiger partial charge in [0, 0.05) is 25.8 Å². The highest BCUT2D eigenvalue weighted by Gasteiger charge is 2.30. The monoisotopic (exact) mass is 557 g/mol. The number of Topliss-reactive ketones (excluding diaryl/α,β-unsaturated/α-hetero) is 1. The first-order valence-corrected chi connectivity index (χ1v) is 13.3. The summed E-state index contributed by atoms with van der Waals surface area (Å²) >= 11 is 0. The summed E-state index contributed by atoms with van der Waals surface area (Å²) in [5.41, 5.74) is 11.5. The van der Waals surface area contributed by atoms with Crippen molar-refractivity contribution >= 4 is 29.5 Å². The molecule has 0 spiro atoms. The predicted octanol–water partition coefficient (Wildman–Crippen LogP) is 1.94. The largest absolute Gasteiger partial charge is 0.490 e. The van der Waals surface area contributed by atoms with Crippen molar-refractivity contribution in [3.63, 3.8) is 0 Å². The molecule has 2 amide bonds. The Morgan fingerprint density at radius 1 is 1.00 bits per heavy atom. The van der Waals surface area contributed by atoms with Gasteiger partial charge in [-0.1, -0.05) is 43.7 Å². The van der Waals surface area contributed by atoms with Crippen molar-refractivity contribution in [3.8, 4) is 5.75 Å². The summed E-state index contributed by atoms with van der Waals surface area (Å²) in [6.45, 7) is 9.41. The van der Waals surface area contributed by atoms with Gasteiger partial charge in [-0.2, -0.15) is 0 Å². The fourth-order valence-corrected chi connectivity index (χ4v) is 4.01. The van der Waals surface area contributed by atoms with E-state index in [0.717, 1.165) is 12.0 Å². The first-order chi connectivity index (χ1) is 19.1. The fraction of sp³-hybridized carbons (Fsp3) is 0.483. The highest BCUT2D eigenvalue weighted by Crippen LogP contribution is 2.19. The van der Waals surface area contributed by atoms with Gasteiger partial charge in [-0.15, -0.1) is 6.58 Å². The summed E-state index contributed by atoms with van der Waals surface area (Å²) in [7, 11) is 1.23. The average molecular weight is 558 g/mol. The van der Waals surface area contributed by atoms with Crippen LogP contribution >= 0.6 is 0 Å². The van der Waals surface area contributed by atoms with E-state index in [4.69, 9.17) is 20.9 Å². The average Bonchev–Trinajstić information content (AvgIpc) is 2.92. The zero-order chi connectivity index (χ0) is 29.9. The molecule has 0 aliphatic rings. The van der Waals surface area contributed by atoms with E-state index in [-0.39, 0.29) is 36.9 Å². The maximum Gasteiger partial charge on any atom is 0.328 e. The molecule has 3 atom stereocenters. The molecule has 6 N–H and O–H groups in total. The Hall–Kier alpha value is -4.15. The molecule has 0 saturated heterocycles. The van der Waals surface area contributed by atoms with Crippen LogP contribution < -0.4 is 26.8 Å². The molecule has 0 aliphatic heterocycles. The maximum atomic E-state index is 13.4. The molecule has 0 bridgehead atoms. The number of nitrogens with one attached hydrogen (secondary N) is 2. The third-order valence-electron chi connectivity index (χ3n) is 6.03. The number of guanidine groups is 1. The summed E-state index contributed by atoms with van der Waals surface area (Å²) in [4.78, 5) is 54.7. The lowest BCUT2D eigenvalue weighted by Crippen LogP contribution is -2.46. The first-order valence-electron chi connectivity index (χ1n) is 13.3. The van der Waals surface area contributed by atoms with Gasteiger partial charge >= 0.3 is 5.97 Å². The number of nitrogens with two attached hydrogens (primary N) is 2. The van der Waals surface area contributed by atoms with Gasteiger partial charge in [0.2, 0.25) is 11.8 Å². The van der Waals surface area contributed by atoms with Gasteiger partial charge in [0.05, 0.1) is 13.2 Å². The van der Waals surface area contributed by atoms with Crippen molar-refractivity contribution in [1.29, 1.82) is 0 Å². The molecule has 0 aromatic heterocycles. The van der Waals surface area contributed by atoms with E-state index in [1.165, 1.54) is 20.1 Å². The molecule has 1 aromatic carbocycles. The van der Waals surface area contributed by atoms with Crippen LogP contribution in [0, 0.1) is 5.92 Å². The Labute approximate surface area is 236 Å². The second-order valence-corrected chi connectivity index (χ2v) is 9.33. The van der Waals surface area contributed by atoms with Crippen molar-refractivity contribution in [2.24, 2.45) is 22.4 Å². The van der Waals surface area contributed by atoms with Crippen molar-refractivity contribution in [1.82, 2.24) is 10.6 Å². The third-order valence-corrected chi connectivity index (χ3v) is 6.03. The lowest BCUT2D eigenvalue weighted by molar-refractivity contribution is -0.145. The second-order valence-electron chi connectivity index (χ2n) is 9.33. The van der Waals surface area contributed by atoms with Crippen LogP contribution in [0.2, 0.25) is 0 Å². The SMILES string of the molecule is C=CCOc1ccc(C[C@H](NC(C)=O)C(=O)C[C@@H](CCCCCN=C(N)N)C(=O)N[C@@H](CC=C)C(=O)OC)cc1. The number of hydrogen-bond donors (Lipinski definition) is 4. The molecule has 0 fully saturated rings. The molecule has 0 saturated carbocycles. The number of hydrogen-bond acceptors (Lipinski definition) is 7. The topological polar surface area (TPSA) is 175 Å². The van der Waals surface area contributed by atoms with Crippen LogP contribution in [-0.2, 0) is 30.3 Å². The van der Waals surface area contributed by atoms with Crippen molar-refractivity contribution in [2.75, 3.05) is 20.3 Å². The van der Waals surface area contributed by atoms with E-state index in [1.807, 2.05) is 12.1 Å². The third kappa shape index (κ3) is 13.6. The Balaban J connectivity index is 3.02. The number of esters is 1. The lowest BCUT2D eigenvalue weighted by Gasteiger charge is -2.23. The maximum absolute atomic E-state index is 13.4. The summed E-state index contributed by atoms with van der Waals surface area (Å²) in [5.74, 6) is -1.75. The molecule has 0 unspecified atom stereocenters. The summed E-state index contributed by atoms with van der Waals surface area (Å²) < 4.78 is 10.3. The van der Waals surface area contributed by atoms with Gasteiger partial charge in [0.1, 0.15) is 18.4 Å². The van der Waals surface area contributed by atoms with Gasteiger partial charge in [-0.25, -0.2) is 4.79 Å². The Kier molecular flexibility index (Phi) is 16.1. The van der Waals surface area contributed by atoms with Crippen LogP contribution in [0.15, 0.2) is 54.6 Å². The van der Waals surface area contributed by atoms with Crippen LogP contribution in [0.5, 0.6) is 5.75 Å². The number of carbonyl (C=O) groups is 4. The number of aliphatic imine (C=N–C) groups is 1. The predicted molar refractivity (Wildman–Crippen MR) is 154 cm³/mol. The smallest absolute Gasteiger partial charge is 0.328 e. The van der Waals surface area contributed by atoms with E-state index in [2.05, 4.69) is 28.8 Å². The number of unbranched alkanes of at least 4 members (excludes halogenated alkanes) is 2. The number of carbonyl (C=O) groups excluding carboxylic acids is 4. The molecule has 40 heavy (non-hydrogen) atoms. The van der Waals surface area contributed by atoms with E-state index >= 15 is 0 Å². The minimum atomic E-state index is -0.914. The molecule has 220 valence electrons. The van der Waals surface area contributed by atoms with Crippen LogP contribution in [0.25, 0.3) is 0 Å². The number of ketones is 1. The Morgan fingerprint density at radius 2 is 1.70 bits per heavy atom. The Bertz CT molecular complexity index is 1020. The second kappa shape index (κ2) is 19.0. The van der Waals surface area contributed by atoms with Gasteiger partial charge < -0.3 is 31.6 Å². The molecule has 1 rings (SSSR count). The van der Waals surface area contributed by atoms with Gasteiger partial charge in [0.15, 0.2) is 11.7 Å². The molecular formula is C29H43N5O6. The fourth-order valence-electron chi connectivity index (χ4n) is 4.01. The zero-order valence-electron chi connectivity index (χ0n) is 23.5. The van der Waals surface area contributed by atoms with Crippen molar-refractivity contribution in [3.05, 3.63) is 55.1 Å². The number of methoxy groups -OCH3 is 1. The molecule has 0 radical (unpaired) electrons. The number of rotatable bonds is 20. The number of benzene rings is 1. The summed E-state index contributed by atoms with van der Waals surface area (Å²) in [5, 5.41) is 5.41. The van der Waals surface area contributed by atoms with Gasteiger partial charge in [-0.3, -0.25) is 19.4 Å². The minimum absolute atomic E-state index is 0.0156. The number of nitrogens with zero attached hydrogens (tertiary/aromatic N) is 1. The quantitative estimate of drug-likeness (QED) is 0.0618. The van der Waals surface area contributed by atoms with Crippen LogP contribution in [0.4, 0.5) is 0 Å². The minimum Gasteiger partial charge on any atom is -0.490 e. The summed E-state index contributed by atoms with van der Waals surface area (Å²) in [6, 6.07) is 5.44. The zero-order valence-corrected chi connectivity index (χ0v) is 23.5. The van der Waals surface area contributed by atoms with Crippen molar-refractivity contribution < 1.29 is 28.7 Å². The molecule has 0 heterocycles. The first kappa shape index (κ1) is 33.9. The van der Waals surface area contributed by atoms with Crippen molar-refractivity contribution in [2.45, 2.75) is 64.0 Å². The van der Waals surface area contributed by atoms with E-state index < -0.39 is 29.9 Å².